The molecule has 180 valence electrons. The third kappa shape index (κ3) is 4.85. The molecule has 9 nitrogen and oxygen atoms in total. The highest BCUT2D eigenvalue weighted by Gasteiger charge is 2.15. The van der Waals surface area contributed by atoms with Gasteiger partial charge in [0, 0.05) is 28.6 Å². The first-order valence-corrected chi connectivity index (χ1v) is 11.2. The molecule has 0 bridgehead atoms. The van der Waals surface area contributed by atoms with Crippen molar-refractivity contribution in [1.29, 1.82) is 5.26 Å². The van der Waals surface area contributed by atoms with Gasteiger partial charge in [-0.15, -0.1) is 0 Å². The minimum atomic E-state index is -0.610. The maximum atomic E-state index is 12.6. The van der Waals surface area contributed by atoms with Gasteiger partial charge in [0.2, 0.25) is 0 Å². The molecule has 0 fully saturated rings. The van der Waals surface area contributed by atoms with E-state index in [1.807, 2.05) is 48.5 Å². The van der Waals surface area contributed by atoms with Gasteiger partial charge < -0.3 is 9.15 Å². The second kappa shape index (κ2) is 10.0. The Balaban J connectivity index is 1.39. The first kappa shape index (κ1) is 23.3. The zero-order valence-electron chi connectivity index (χ0n) is 19.3. The number of ether oxygens (including phenoxy) is 1. The number of nitro groups is 1. The fourth-order valence-corrected chi connectivity index (χ4v) is 3.91. The molecule has 5 aromatic rings. The summed E-state index contributed by atoms with van der Waals surface area (Å²) in [7, 11) is 0. The van der Waals surface area contributed by atoms with Crippen LogP contribution in [0.25, 0.3) is 21.7 Å². The Kier molecular flexibility index (Phi) is 6.30. The maximum Gasteiger partial charge on any atom is 0.307 e. The smallest absolute Gasteiger partial charge is 0.307 e. The van der Waals surface area contributed by atoms with Crippen LogP contribution in [0.3, 0.4) is 0 Å². The SMILES string of the molecule is N#Cc1ccccc1COc1ccc2ccccc2c1C=NNC(=O)c1cc2cc([N+](=O)[O-])ccc2o1. The number of hydrogen-bond donors (Lipinski definition) is 1. The van der Waals surface area contributed by atoms with Gasteiger partial charge in [-0.05, 0) is 35.0 Å². The number of carbonyl (C=O) groups excluding carboxylic acids is 1. The highest BCUT2D eigenvalue weighted by Crippen LogP contribution is 2.28. The second-order valence-corrected chi connectivity index (χ2v) is 8.05. The molecule has 0 aliphatic rings. The van der Waals surface area contributed by atoms with Crippen molar-refractivity contribution in [2.24, 2.45) is 5.10 Å². The number of fused-ring (bicyclic) bond motifs is 2. The van der Waals surface area contributed by atoms with Gasteiger partial charge >= 0.3 is 5.91 Å². The average Bonchev–Trinajstić information content (AvgIpc) is 3.36. The van der Waals surface area contributed by atoms with Gasteiger partial charge in [0.15, 0.2) is 5.76 Å². The van der Waals surface area contributed by atoms with Crippen molar-refractivity contribution in [3.05, 3.63) is 117 Å². The molecule has 0 unspecified atom stereocenters. The standard InChI is InChI=1S/C28H18N4O5/c29-15-19-6-1-2-7-20(19)17-36-26-11-9-18-5-3-4-8-23(18)24(26)16-30-31-28(33)27-14-21-13-22(32(34)35)10-12-25(21)37-27/h1-14,16H,17H2,(H,31,33). The third-order valence-corrected chi connectivity index (χ3v) is 5.75. The zero-order valence-corrected chi connectivity index (χ0v) is 19.3. The number of hydrogen-bond acceptors (Lipinski definition) is 7. The first-order valence-electron chi connectivity index (χ1n) is 11.2. The summed E-state index contributed by atoms with van der Waals surface area (Å²) in [5.41, 5.74) is 4.61. The monoisotopic (exact) mass is 490 g/mol. The zero-order chi connectivity index (χ0) is 25.8. The Hall–Kier alpha value is -5.49. The lowest BCUT2D eigenvalue weighted by molar-refractivity contribution is -0.384. The van der Waals surface area contributed by atoms with Crippen LogP contribution < -0.4 is 10.2 Å². The van der Waals surface area contributed by atoms with Crippen LogP contribution in [0.1, 0.15) is 27.2 Å². The molecular weight excluding hydrogens is 472 g/mol. The van der Waals surface area contributed by atoms with Crippen molar-refractivity contribution in [2.75, 3.05) is 0 Å². The van der Waals surface area contributed by atoms with E-state index in [4.69, 9.17) is 9.15 Å². The number of furan rings is 1. The van der Waals surface area contributed by atoms with E-state index in [1.54, 1.807) is 12.1 Å². The Morgan fingerprint density at radius 2 is 1.86 bits per heavy atom. The van der Waals surface area contributed by atoms with Crippen molar-refractivity contribution in [3.63, 3.8) is 0 Å². The van der Waals surface area contributed by atoms with Gasteiger partial charge in [-0.2, -0.15) is 10.4 Å². The van der Waals surface area contributed by atoms with Crippen LogP contribution in [0, 0.1) is 21.4 Å². The Bertz CT molecular complexity index is 1730. The quantitative estimate of drug-likeness (QED) is 0.177. The van der Waals surface area contributed by atoms with E-state index in [0.717, 1.165) is 16.3 Å². The maximum absolute atomic E-state index is 12.6. The molecule has 1 aromatic heterocycles. The van der Waals surface area contributed by atoms with Crippen molar-refractivity contribution in [3.8, 4) is 11.8 Å². The molecule has 0 spiro atoms. The molecule has 0 aliphatic heterocycles. The normalized spacial score (nSPS) is 11.0. The molecule has 0 aliphatic carbocycles. The van der Waals surface area contributed by atoms with Gasteiger partial charge in [0.1, 0.15) is 17.9 Å². The van der Waals surface area contributed by atoms with Crippen molar-refractivity contribution >= 4 is 39.6 Å². The highest BCUT2D eigenvalue weighted by atomic mass is 16.6. The first-order chi connectivity index (χ1) is 18.0. The number of nitro benzene ring substituents is 1. The summed E-state index contributed by atoms with van der Waals surface area (Å²) in [4.78, 5) is 23.1. The van der Waals surface area contributed by atoms with Gasteiger partial charge in [-0.25, -0.2) is 5.43 Å². The predicted molar refractivity (Wildman–Crippen MR) is 137 cm³/mol. The molecular formula is C28H18N4O5. The number of hydrazone groups is 1. The summed E-state index contributed by atoms with van der Waals surface area (Å²) in [5, 5.41) is 26.7. The van der Waals surface area contributed by atoms with Crippen molar-refractivity contribution in [1.82, 2.24) is 5.43 Å². The lowest BCUT2D eigenvalue weighted by Crippen LogP contribution is -2.16. The second-order valence-electron chi connectivity index (χ2n) is 8.05. The van der Waals surface area contributed by atoms with E-state index in [1.165, 1.54) is 30.5 Å². The van der Waals surface area contributed by atoms with E-state index < -0.39 is 10.8 Å². The van der Waals surface area contributed by atoms with E-state index >= 15 is 0 Å². The summed E-state index contributed by atoms with van der Waals surface area (Å²) in [6, 6.07) is 26.3. The van der Waals surface area contributed by atoms with Gasteiger partial charge in [0.05, 0.1) is 22.8 Å². The van der Waals surface area contributed by atoms with Crippen LogP contribution in [-0.4, -0.2) is 17.0 Å². The number of benzene rings is 4. The Morgan fingerprint density at radius 1 is 1.05 bits per heavy atom. The van der Waals surface area contributed by atoms with Crippen LogP contribution in [-0.2, 0) is 6.61 Å². The lowest BCUT2D eigenvalue weighted by atomic mass is 10.0. The van der Waals surface area contributed by atoms with E-state index in [9.17, 15) is 20.2 Å². The number of amides is 1. The predicted octanol–water partition coefficient (Wildman–Crippen LogP) is 5.71. The summed E-state index contributed by atoms with van der Waals surface area (Å²) in [6.07, 6.45) is 1.49. The molecule has 0 saturated carbocycles. The minimum absolute atomic E-state index is 0.0323. The van der Waals surface area contributed by atoms with Gasteiger partial charge in [-0.3, -0.25) is 14.9 Å². The number of carbonyl (C=O) groups is 1. The lowest BCUT2D eigenvalue weighted by Gasteiger charge is -2.12. The number of rotatable bonds is 7. The molecule has 4 aromatic carbocycles. The van der Waals surface area contributed by atoms with E-state index in [0.29, 0.717) is 27.8 Å². The van der Waals surface area contributed by atoms with Crippen molar-refractivity contribution in [2.45, 2.75) is 6.61 Å². The molecule has 1 heterocycles. The Labute approximate surface area is 210 Å². The summed E-state index contributed by atoms with van der Waals surface area (Å²) in [5.74, 6) is -0.114. The molecule has 5 rings (SSSR count). The van der Waals surface area contributed by atoms with Crippen LogP contribution in [0.15, 0.2) is 94.4 Å². The molecule has 0 radical (unpaired) electrons. The number of nitriles is 1. The highest BCUT2D eigenvalue weighted by molar-refractivity contribution is 6.03. The van der Waals surface area contributed by atoms with Crippen molar-refractivity contribution < 1.29 is 18.9 Å². The number of non-ortho nitro benzene ring substituents is 1. The molecule has 9 heteroatoms. The number of nitrogens with one attached hydrogen (secondary N) is 1. The average molecular weight is 490 g/mol. The van der Waals surface area contributed by atoms with Crippen LogP contribution >= 0.6 is 0 Å². The van der Waals surface area contributed by atoms with Crippen LogP contribution in [0.2, 0.25) is 0 Å². The topological polar surface area (TPSA) is 131 Å². The van der Waals surface area contributed by atoms with Crippen LogP contribution in [0.4, 0.5) is 5.69 Å². The van der Waals surface area contributed by atoms with E-state index in [-0.39, 0.29) is 18.1 Å². The number of nitrogens with zero attached hydrogens (tertiary/aromatic N) is 3. The summed E-state index contributed by atoms with van der Waals surface area (Å²) >= 11 is 0. The van der Waals surface area contributed by atoms with Gasteiger partial charge in [0.25, 0.3) is 5.69 Å². The minimum Gasteiger partial charge on any atom is -0.488 e. The fraction of sp³-hybridized carbons (Fsp3) is 0.0357. The Morgan fingerprint density at radius 3 is 2.70 bits per heavy atom. The fourth-order valence-electron chi connectivity index (χ4n) is 3.91. The molecule has 37 heavy (non-hydrogen) atoms. The van der Waals surface area contributed by atoms with E-state index in [2.05, 4.69) is 16.6 Å². The summed E-state index contributed by atoms with van der Waals surface area (Å²) < 4.78 is 11.6. The molecule has 1 N–H and O–H groups in total. The largest absolute Gasteiger partial charge is 0.488 e. The molecule has 0 atom stereocenters. The molecule has 1 amide bonds. The van der Waals surface area contributed by atoms with Crippen LogP contribution in [0.5, 0.6) is 5.75 Å². The van der Waals surface area contributed by atoms with Gasteiger partial charge in [-0.1, -0.05) is 48.5 Å². The summed E-state index contributed by atoms with van der Waals surface area (Å²) in [6.45, 7) is 0.181. The third-order valence-electron chi connectivity index (χ3n) is 5.75. The molecule has 0 saturated heterocycles.